The van der Waals surface area contributed by atoms with Gasteiger partial charge in [-0.05, 0) is 77.2 Å². The highest BCUT2D eigenvalue weighted by Crippen LogP contribution is 2.42. The van der Waals surface area contributed by atoms with Crippen molar-refractivity contribution >= 4 is 65.4 Å². The highest BCUT2D eigenvalue weighted by atomic mass is 16.3. The number of nitrogens with zero attached hydrogens (tertiary/aromatic N) is 4. The maximum Gasteiger partial charge on any atom is 0.160 e. The molecule has 0 unspecified atom stereocenters. The van der Waals surface area contributed by atoms with Gasteiger partial charge in [0.2, 0.25) is 0 Å². The standard InChI is InChI=1S/C59H36N4O/c1-4-15-39(16-5-1)57-50-34-49-43-21-10-12-25-54(43)63(42-19-8-3-9-20-42)55(49)35-47(50)48-33-41(31-32-51(48)60-57)37-27-29-38(30-28-37)52-36-53(62-59(61-52)40-17-6-2-7-18-40)46-24-14-23-45-44-22-11-13-26-56(44)64-58(45)46/h1-36H. The summed E-state index contributed by atoms with van der Waals surface area (Å²) in [5.74, 6) is 0.662. The molecule has 0 aliphatic heterocycles. The molecule has 5 heteroatoms. The molecular formula is C59H36N4O. The first-order valence-electron chi connectivity index (χ1n) is 21.6. The predicted octanol–water partition coefficient (Wildman–Crippen LogP) is 15.5. The maximum absolute atomic E-state index is 6.47. The van der Waals surface area contributed by atoms with Crippen LogP contribution in [0.1, 0.15) is 0 Å². The number of para-hydroxylation sites is 4. The van der Waals surface area contributed by atoms with Crippen LogP contribution >= 0.6 is 0 Å². The van der Waals surface area contributed by atoms with Crippen molar-refractivity contribution in [3.05, 3.63) is 218 Å². The third-order valence-corrected chi connectivity index (χ3v) is 12.6. The molecule has 13 aromatic rings. The fourth-order valence-electron chi connectivity index (χ4n) is 9.55. The van der Waals surface area contributed by atoms with Crippen LogP contribution in [0.25, 0.3) is 127 Å². The van der Waals surface area contributed by atoms with E-state index in [-0.39, 0.29) is 0 Å². The number of furan rings is 1. The van der Waals surface area contributed by atoms with Gasteiger partial charge in [0, 0.05) is 60.3 Å². The highest BCUT2D eigenvalue weighted by molar-refractivity contribution is 6.20. The largest absolute Gasteiger partial charge is 0.455 e. The number of pyridine rings is 1. The molecule has 0 spiro atoms. The van der Waals surface area contributed by atoms with Crippen molar-refractivity contribution in [1.29, 1.82) is 0 Å². The molecule has 5 nitrogen and oxygen atoms in total. The Morgan fingerprint density at radius 3 is 1.81 bits per heavy atom. The van der Waals surface area contributed by atoms with Gasteiger partial charge in [-0.3, -0.25) is 0 Å². The topological polar surface area (TPSA) is 56.7 Å². The summed E-state index contributed by atoms with van der Waals surface area (Å²) in [5, 5.41) is 7.97. The molecule has 4 heterocycles. The summed E-state index contributed by atoms with van der Waals surface area (Å²) in [6.07, 6.45) is 0. The SMILES string of the molecule is c1ccc(-c2nc(-c3ccc(-c4ccc5nc(-c6ccccc6)c6cc7c8ccccc8n(-c8ccccc8)c7cc6c5c4)cc3)cc(-c3cccc4c3oc3ccccc34)n2)cc1. The quantitative estimate of drug-likeness (QED) is 0.157. The first-order valence-corrected chi connectivity index (χ1v) is 21.6. The Morgan fingerprint density at radius 2 is 1.00 bits per heavy atom. The number of benzene rings is 9. The third-order valence-electron chi connectivity index (χ3n) is 12.6. The van der Waals surface area contributed by atoms with Crippen molar-refractivity contribution in [2.24, 2.45) is 0 Å². The van der Waals surface area contributed by atoms with Gasteiger partial charge in [0.05, 0.1) is 33.6 Å². The minimum Gasteiger partial charge on any atom is -0.455 e. The molecule has 0 saturated heterocycles. The first kappa shape index (κ1) is 36.0. The summed E-state index contributed by atoms with van der Waals surface area (Å²) in [7, 11) is 0. The second-order valence-electron chi connectivity index (χ2n) is 16.3. The van der Waals surface area contributed by atoms with Crippen LogP contribution in [0, 0.1) is 0 Å². The Balaban J connectivity index is 0.967. The molecule has 64 heavy (non-hydrogen) atoms. The highest BCUT2D eigenvalue weighted by Gasteiger charge is 2.19. The molecule has 0 amide bonds. The van der Waals surface area contributed by atoms with Crippen molar-refractivity contribution in [2.75, 3.05) is 0 Å². The van der Waals surface area contributed by atoms with Crippen LogP contribution in [-0.2, 0) is 0 Å². The fourth-order valence-corrected chi connectivity index (χ4v) is 9.55. The zero-order valence-corrected chi connectivity index (χ0v) is 34.5. The van der Waals surface area contributed by atoms with Crippen LogP contribution in [0.2, 0.25) is 0 Å². The van der Waals surface area contributed by atoms with E-state index >= 15 is 0 Å². The van der Waals surface area contributed by atoms with Gasteiger partial charge in [-0.25, -0.2) is 15.0 Å². The van der Waals surface area contributed by atoms with E-state index in [1.807, 2.05) is 36.4 Å². The first-order chi connectivity index (χ1) is 31.7. The zero-order valence-electron chi connectivity index (χ0n) is 34.5. The van der Waals surface area contributed by atoms with E-state index in [2.05, 4.69) is 187 Å². The lowest BCUT2D eigenvalue weighted by atomic mass is 9.95. The van der Waals surface area contributed by atoms with Crippen LogP contribution in [0.3, 0.4) is 0 Å². The van der Waals surface area contributed by atoms with Crippen molar-refractivity contribution in [3.63, 3.8) is 0 Å². The molecule has 0 fully saturated rings. The van der Waals surface area contributed by atoms with E-state index in [0.29, 0.717) is 5.82 Å². The molecule has 298 valence electrons. The maximum atomic E-state index is 6.47. The monoisotopic (exact) mass is 816 g/mol. The molecule has 13 rings (SSSR count). The predicted molar refractivity (Wildman–Crippen MR) is 264 cm³/mol. The lowest BCUT2D eigenvalue weighted by molar-refractivity contribution is 0.670. The van der Waals surface area contributed by atoms with Crippen LogP contribution < -0.4 is 0 Å². The number of hydrogen-bond acceptors (Lipinski definition) is 4. The number of rotatable bonds is 6. The Morgan fingerprint density at radius 1 is 0.344 bits per heavy atom. The summed E-state index contributed by atoms with van der Waals surface area (Å²) in [5.41, 5.74) is 14.9. The van der Waals surface area contributed by atoms with E-state index in [1.165, 1.54) is 16.3 Å². The summed E-state index contributed by atoms with van der Waals surface area (Å²) < 4.78 is 8.86. The molecule has 0 aliphatic rings. The van der Waals surface area contributed by atoms with Crippen LogP contribution in [-0.4, -0.2) is 19.5 Å². The van der Waals surface area contributed by atoms with Gasteiger partial charge >= 0.3 is 0 Å². The molecule has 0 atom stereocenters. The van der Waals surface area contributed by atoms with E-state index in [1.54, 1.807) is 0 Å². The van der Waals surface area contributed by atoms with Gasteiger partial charge in [-0.2, -0.15) is 0 Å². The van der Waals surface area contributed by atoms with Gasteiger partial charge in [0.25, 0.3) is 0 Å². The second-order valence-corrected chi connectivity index (χ2v) is 16.3. The molecule has 0 N–H and O–H groups in total. The van der Waals surface area contributed by atoms with Gasteiger partial charge < -0.3 is 8.98 Å². The summed E-state index contributed by atoms with van der Waals surface area (Å²) in [6, 6.07) is 76.7. The minimum absolute atomic E-state index is 0.662. The lowest BCUT2D eigenvalue weighted by Gasteiger charge is -2.14. The number of fused-ring (bicyclic) bond motifs is 9. The van der Waals surface area contributed by atoms with Crippen LogP contribution in [0.4, 0.5) is 0 Å². The molecule has 4 aromatic heterocycles. The van der Waals surface area contributed by atoms with Crippen LogP contribution in [0.15, 0.2) is 223 Å². The van der Waals surface area contributed by atoms with Crippen LogP contribution in [0.5, 0.6) is 0 Å². The Kier molecular flexibility index (Phi) is 8.15. The van der Waals surface area contributed by atoms with Crippen molar-refractivity contribution in [2.45, 2.75) is 0 Å². The number of aromatic nitrogens is 4. The average molecular weight is 817 g/mol. The Bertz CT molecular complexity index is 3930. The second kappa shape index (κ2) is 14.5. The molecule has 9 aromatic carbocycles. The molecule has 0 saturated carbocycles. The van der Waals surface area contributed by atoms with Gasteiger partial charge in [0.1, 0.15) is 11.2 Å². The van der Waals surface area contributed by atoms with Gasteiger partial charge in [-0.1, -0.05) is 158 Å². The smallest absolute Gasteiger partial charge is 0.160 e. The van der Waals surface area contributed by atoms with E-state index in [0.717, 1.165) is 105 Å². The van der Waals surface area contributed by atoms with Crippen molar-refractivity contribution < 1.29 is 4.42 Å². The zero-order chi connectivity index (χ0) is 42.1. The number of hydrogen-bond donors (Lipinski definition) is 0. The molecule has 0 bridgehead atoms. The fraction of sp³-hybridized carbons (Fsp3) is 0. The van der Waals surface area contributed by atoms with Gasteiger partial charge in [-0.15, -0.1) is 0 Å². The molecule has 0 radical (unpaired) electrons. The van der Waals surface area contributed by atoms with E-state index in [4.69, 9.17) is 19.4 Å². The summed E-state index contributed by atoms with van der Waals surface area (Å²) >= 11 is 0. The van der Waals surface area contributed by atoms with Crippen molar-refractivity contribution in [3.8, 4) is 62.0 Å². The molecule has 0 aliphatic carbocycles. The molecular weight excluding hydrogens is 781 g/mol. The van der Waals surface area contributed by atoms with Gasteiger partial charge in [0.15, 0.2) is 5.82 Å². The van der Waals surface area contributed by atoms with Crippen molar-refractivity contribution in [1.82, 2.24) is 19.5 Å². The minimum atomic E-state index is 0.662. The lowest BCUT2D eigenvalue weighted by Crippen LogP contribution is -1.96. The Labute approximate surface area is 368 Å². The van der Waals surface area contributed by atoms with E-state index < -0.39 is 0 Å². The Hall–Kier alpha value is -8.67. The average Bonchev–Trinajstić information content (AvgIpc) is 3.92. The summed E-state index contributed by atoms with van der Waals surface area (Å²) in [6.45, 7) is 0. The normalized spacial score (nSPS) is 11.8. The summed E-state index contributed by atoms with van der Waals surface area (Å²) in [4.78, 5) is 15.7. The van der Waals surface area contributed by atoms with E-state index in [9.17, 15) is 0 Å². The third kappa shape index (κ3) is 5.83.